The van der Waals surface area contributed by atoms with Crippen LogP contribution >= 0.6 is 0 Å². The molecule has 1 saturated heterocycles. The van der Waals surface area contributed by atoms with Crippen LogP contribution in [0.3, 0.4) is 0 Å². The minimum Gasteiger partial charge on any atom is -0.496 e. The molecule has 1 aliphatic heterocycles. The first-order valence-corrected chi connectivity index (χ1v) is 7.23. The molecule has 0 bridgehead atoms. The number of benzene rings is 1. The van der Waals surface area contributed by atoms with E-state index >= 15 is 0 Å². The average Bonchev–Trinajstić information content (AvgIpc) is 2.47. The van der Waals surface area contributed by atoms with Gasteiger partial charge in [-0.2, -0.15) is 0 Å². The number of piperidine rings is 1. The summed E-state index contributed by atoms with van der Waals surface area (Å²) in [6.07, 6.45) is 4.60. The van der Waals surface area contributed by atoms with Gasteiger partial charge in [0.15, 0.2) is 0 Å². The quantitative estimate of drug-likeness (QED) is 0.886. The highest BCUT2D eigenvalue weighted by atomic mass is 16.5. The SMILES string of the molecule is CCc1c(OC)ccc(OC)c1CC1CCNCC1. The zero-order chi connectivity index (χ0) is 13.7. The molecule has 0 radical (unpaired) electrons. The molecule has 0 unspecified atom stereocenters. The Morgan fingerprint density at radius 3 is 2.16 bits per heavy atom. The van der Waals surface area contributed by atoms with E-state index in [-0.39, 0.29) is 0 Å². The monoisotopic (exact) mass is 263 g/mol. The van der Waals surface area contributed by atoms with Gasteiger partial charge in [0.1, 0.15) is 11.5 Å². The number of ether oxygens (including phenoxy) is 2. The van der Waals surface area contributed by atoms with Crippen LogP contribution in [0.15, 0.2) is 12.1 Å². The van der Waals surface area contributed by atoms with Crippen LogP contribution in [-0.4, -0.2) is 27.3 Å². The van der Waals surface area contributed by atoms with Crippen LogP contribution in [-0.2, 0) is 12.8 Å². The summed E-state index contributed by atoms with van der Waals surface area (Å²) < 4.78 is 11.1. The fourth-order valence-corrected chi connectivity index (χ4v) is 3.02. The van der Waals surface area contributed by atoms with Crippen LogP contribution in [0.2, 0.25) is 0 Å². The van der Waals surface area contributed by atoms with Gasteiger partial charge in [-0.3, -0.25) is 0 Å². The fourth-order valence-electron chi connectivity index (χ4n) is 3.02. The van der Waals surface area contributed by atoms with Crippen molar-refractivity contribution in [2.45, 2.75) is 32.6 Å². The summed E-state index contributed by atoms with van der Waals surface area (Å²) in [5.41, 5.74) is 2.65. The van der Waals surface area contributed by atoms with Crippen molar-refractivity contribution in [1.29, 1.82) is 0 Å². The first kappa shape index (κ1) is 14.2. The van der Waals surface area contributed by atoms with Crippen LogP contribution < -0.4 is 14.8 Å². The predicted octanol–water partition coefficient (Wildman–Crippen LogP) is 2.81. The van der Waals surface area contributed by atoms with E-state index in [0.717, 1.165) is 43.3 Å². The third-order valence-electron chi connectivity index (χ3n) is 4.09. The van der Waals surface area contributed by atoms with Gasteiger partial charge in [0.05, 0.1) is 14.2 Å². The lowest BCUT2D eigenvalue weighted by Gasteiger charge is -2.25. The van der Waals surface area contributed by atoms with E-state index in [1.54, 1.807) is 14.2 Å². The zero-order valence-electron chi connectivity index (χ0n) is 12.3. The molecule has 1 aliphatic rings. The minimum absolute atomic E-state index is 0.757. The maximum absolute atomic E-state index is 5.56. The molecule has 1 N–H and O–H groups in total. The molecule has 0 saturated carbocycles. The lowest BCUT2D eigenvalue weighted by molar-refractivity contribution is 0.356. The summed E-state index contributed by atoms with van der Waals surface area (Å²) in [5, 5.41) is 3.42. The minimum atomic E-state index is 0.757. The van der Waals surface area contributed by atoms with Gasteiger partial charge in [-0.15, -0.1) is 0 Å². The molecule has 1 aromatic carbocycles. The molecule has 1 aromatic rings. The first-order chi connectivity index (χ1) is 9.30. The molecule has 19 heavy (non-hydrogen) atoms. The molecule has 3 heteroatoms. The molecule has 0 atom stereocenters. The number of hydrogen-bond donors (Lipinski definition) is 1. The van der Waals surface area contributed by atoms with Crippen molar-refractivity contribution >= 4 is 0 Å². The Balaban J connectivity index is 2.28. The molecule has 0 amide bonds. The summed E-state index contributed by atoms with van der Waals surface area (Å²) in [6, 6.07) is 4.05. The second-order valence-electron chi connectivity index (χ2n) is 5.18. The summed E-state index contributed by atoms with van der Waals surface area (Å²) in [7, 11) is 3.50. The van der Waals surface area contributed by atoms with E-state index in [2.05, 4.69) is 12.2 Å². The highest BCUT2D eigenvalue weighted by molar-refractivity contribution is 5.49. The van der Waals surface area contributed by atoms with Crippen molar-refractivity contribution in [2.75, 3.05) is 27.3 Å². The molecule has 0 spiro atoms. The van der Waals surface area contributed by atoms with Crippen LogP contribution in [0.1, 0.15) is 30.9 Å². The Morgan fingerprint density at radius 1 is 1.05 bits per heavy atom. The molecule has 0 aliphatic carbocycles. The van der Waals surface area contributed by atoms with Gasteiger partial charge in [-0.05, 0) is 56.8 Å². The molecular weight excluding hydrogens is 238 g/mol. The van der Waals surface area contributed by atoms with Gasteiger partial charge < -0.3 is 14.8 Å². The summed E-state index contributed by atoms with van der Waals surface area (Å²) >= 11 is 0. The second-order valence-corrected chi connectivity index (χ2v) is 5.18. The van der Waals surface area contributed by atoms with Crippen LogP contribution in [0.5, 0.6) is 11.5 Å². The highest BCUT2D eigenvalue weighted by Gasteiger charge is 2.19. The van der Waals surface area contributed by atoms with E-state index in [1.807, 2.05) is 12.1 Å². The Bertz CT molecular complexity index is 411. The Labute approximate surface area is 116 Å². The molecule has 106 valence electrons. The number of rotatable bonds is 5. The average molecular weight is 263 g/mol. The van der Waals surface area contributed by atoms with Crippen molar-refractivity contribution < 1.29 is 9.47 Å². The van der Waals surface area contributed by atoms with E-state index < -0.39 is 0 Å². The molecule has 1 heterocycles. The maximum atomic E-state index is 5.56. The van der Waals surface area contributed by atoms with Gasteiger partial charge in [0, 0.05) is 11.1 Å². The Kier molecular flexibility index (Phi) is 5.08. The predicted molar refractivity (Wildman–Crippen MR) is 78.2 cm³/mol. The number of nitrogens with one attached hydrogen (secondary N) is 1. The topological polar surface area (TPSA) is 30.5 Å². The van der Waals surface area contributed by atoms with Crippen LogP contribution in [0, 0.1) is 5.92 Å². The zero-order valence-corrected chi connectivity index (χ0v) is 12.3. The van der Waals surface area contributed by atoms with E-state index in [9.17, 15) is 0 Å². The summed E-state index contributed by atoms with van der Waals surface area (Å²) in [4.78, 5) is 0. The summed E-state index contributed by atoms with van der Waals surface area (Å²) in [5.74, 6) is 2.76. The Morgan fingerprint density at radius 2 is 1.63 bits per heavy atom. The van der Waals surface area contributed by atoms with Gasteiger partial charge >= 0.3 is 0 Å². The van der Waals surface area contributed by atoms with Crippen molar-refractivity contribution in [3.8, 4) is 11.5 Å². The Hall–Kier alpha value is -1.22. The maximum Gasteiger partial charge on any atom is 0.122 e. The third-order valence-corrected chi connectivity index (χ3v) is 4.09. The van der Waals surface area contributed by atoms with Crippen molar-refractivity contribution in [3.05, 3.63) is 23.3 Å². The first-order valence-electron chi connectivity index (χ1n) is 7.23. The largest absolute Gasteiger partial charge is 0.496 e. The normalized spacial score (nSPS) is 16.4. The van der Waals surface area contributed by atoms with E-state index in [4.69, 9.17) is 9.47 Å². The number of methoxy groups -OCH3 is 2. The van der Waals surface area contributed by atoms with Gasteiger partial charge in [-0.1, -0.05) is 6.92 Å². The van der Waals surface area contributed by atoms with E-state index in [1.165, 1.54) is 24.0 Å². The van der Waals surface area contributed by atoms with Crippen LogP contribution in [0.4, 0.5) is 0 Å². The van der Waals surface area contributed by atoms with Gasteiger partial charge in [0.2, 0.25) is 0 Å². The van der Waals surface area contributed by atoms with Crippen molar-refractivity contribution in [3.63, 3.8) is 0 Å². The molecule has 1 fully saturated rings. The molecule has 2 rings (SSSR count). The second kappa shape index (κ2) is 6.80. The van der Waals surface area contributed by atoms with Crippen molar-refractivity contribution in [1.82, 2.24) is 5.32 Å². The smallest absolute Gasteiger partial charge is 0.122 e. The lowest BCUT2D eigenvalue weighted by Crippen LogP contribution is -2.29. The molecular formula is C16H25NO2. The van der Waals surface area contributed by atoms with Crippen molar-refractivity contribution in [2.24, 2.45) is 5.92 Å². The summed E-state index contributed by atoms with van der Waals surface area (Å²) in [6.45, 7) is 4.46. The van der Waals surface area contributed by atoms with Gasteiger partial charge in [0.25, 0.3) is 0 Å². The standard InChI is InChI=1S/C16H25NO2/c1-4-13-14(11-12-7-9-17-10-8-12)16(19-3)6-5-15(13)18-2/h5-6,12,17H,4,7-11H2,1-3H3. The van der Waals surface area contributed by atoms with Crippen LogP contribution in [0.25, 0.3) is 0 Å². The highest BCUT2D eigenvalue weighted by Crippen LogP contribution is 2.34. The number of hydrogen-bond acceptors (Lipinski definition) is 3. The molecule has 0 aromatic heterocycles. The van der Waals surface area contributed by atoms with E-state index in [0.29, 0.717) is 0 Å². The molecule has 3 nitrogen and oxygen atoms in total. The fraction of sp³-hybridized carbons (Fsp3) is 0.625. The lowest BCUT2D eigenvalue weighted by atomic mass is 9.87. The third kappa shape index (κ3) is 3.21. The van der Waals surface area contributed by atoms with Gasteiger partial charge in [-0.25, -0.2) is 0 Å².